The molecule has 0 saturated carbocycles. The molecule has 4 nitrogen and oxygen atoms in total. The van der Waals surface area contributed by atoms with Crippen LogP contribution in [-0.2, 0) is 0 Å². The van der Waals surface area contributed by atoms with E-state index in [2.05, 4.69) is 20.9 Å². The lowest BCUT2D eigenvalue weighted by atomic mass is 10.2. The SMILES string of the molecule is Clc1ccccc1.N#Cc1ccc(N2CCN(c3ccc(Cl)cc3Cl)CC2)nc1. The normalized spacial score (nSPS) is 13.3. The molecule has 148 valence electrons. The van der Waals surface area contributed by atoms with Crippen LogP contribution in [-0.4, -0.2) is 31.2 Å². The van der Waals surface area contributed by atoms with Crippen molar-refractivity contribution in [1.29, 1.82) is 5.26 Å². The number of halogens is 3. The van der Waals surface area contributed by atoms with Crippen LogP contribution in [0.1, 0.15) is 5.56 Å². The zero-order valence-corrected chi connectivity index (χ0v) is 17.9. The first kappa shape index (κ1) is 21.3. The number of benzene rings is 2. The van der Waals surface area contributed by atoms with Crippen molar-refractivity contribution in [1.82, 2.24) is 4.98 Å². The highest BCUT2D eigenvalue weighted by Crippen LogP contribution is 2.29. The molecule has 1 saturated heterocycles. The van der Waals surface area contributed by atoms with Gasteiger partial charge in [0.2, 0.25) is 0 Å². The number of pyridine rings is 1. The van der Waals surface area contributed by atoms with Gasteiger partial charge in [-0.05, 0) is 42.5 Å². The minimum absolute atomic E-state index is 0.579. The van der Waals surface area contributed by atoms with Gasteiger partial charge in [0.1, 0.15) is 11.9 Å². The van der Waals surface area contributed by atoms with Crippen molar-refractivity contribution >= 4 is 46.3 Å². The molecule has 0 radical (unpaired) electrons. The Morgan fingerprint density at radius 2 is 1.48 bits per heavy atom. The molecule has 0 unspecified atom stereocenters. The fourth-order valence-electron chi connectivity index (χ4n) is 2.97. The van der Waals surface area contributed by atoms with E-state index in [-0.39, 0.29) is 0 Å². The Morgan fingerprint density at radius 1 is 0.793 bits per heavy atom. The monoisotopic (exact) mass is 444 g/mol. The van der Waals surface area contributed by atoms with E-state index in [9.17, 15) is 0 Å². The van der Waals surface area contributed by atoms with Crippen molar-refractivity contribution < 1.29 is 0 Å². The number of aromatic nitrogens is 1. The zero-order chi connectivity index (χ0) is 20.6. The molecule has 0 spiro atoms. The first-order chi connectivity index (χ1) is 14.1. The molecule has 0 N–H and O–H groups in total. The molecule has 0 aliphatic carbocycles. The van der Waals surface area contributed by atoms with E-state index in [4.69, 9.17) is 40.1 Å². The van der Waals surface area contributed by atoms with Crippen molar-refractivity contribution in [3.8, 4) is 6.07 Å². The maximum Gasteiger partial charge on any atom is 0.128 e. The van der Waals surface area contributed by atoms with Crippen LogP contribution in [0.2, 0.25) is 15.1 Å². The molecule has 3 aromatic rings. The predicted molar refractivity (Wildman–Crippen MR) is 121 cm³/mol. The number of hydrogen-bond donors (Lipinski definition) is 0. The number of nitriles is 1. The standard InChI is InChI=1S/C16H14Cl2N4.C6H5Cl/c17-13-2-3-15(14(18)9-13)21-5-7-22(8-6-21)16-4-1-12(10-19)11-20-16;7-6-4-2-1-3-5-6/h1-4,9,11H,5-8H2;1-5H. The molecule has 1 aromatic heterocycles. The Bertz CT molecular complexity index is 964. The quantitative estimate of drug-likeness (QED) is 0.490. The van der Waals surface area contributed by atoms with E-state index >= 15 is 0 Å². The van der Waals surface area contributed by atoms with Crippen molar-refractivity contribution in [3.63, 3.8) is 0 Å². The van der Waals surface area contributed by atoms with E-state index in [1.807, 2.05) is 48.5 Å². The molecule has 1 aliphatic heterocycles. The van der Waals surface area contributed by atoms with E-state index < -0.39 is 0 Å². The second-order valence-electron chi connectivity index (χ2n) is 6.38. The molecule has 0 amide bonds. The Hall–Kier alpha value is -2.45. The summed E-state index contributed by atoms with van der Waals surface area (Å²) in [7, 11) is 0. The third-order valence-corrected chi connectivity index (χ3v) is 5.25. The molecule has 4 rings (SSSR count). The van der Waals surface area contributed by atoms with Gasteiger partial charge in [-0.1, -0.05) is 53.0 Å². The zero-order valence-electron chi connectivity index (χ0n) is 15.6. The van der Waals surface area contributed by atoms with Gasteiger partial charge >= 0.3 is 0 Å². The fraction of sp³-hybridized carbons (Fsp3) is 0.182. The molecule has 2 heterocycles. The van der Waals surface area contributed by atoms with Crippen molar-refractivity contribution in [2.45, 2.75) is 0 Å². The molecule has 0 atom stereocenters. The number of piperazine rings is 1. The molecule has 2 aromatic carbocycles. The van der Waals surface area contributed by atoms with Gasteiger partial charge in [-0.25, -0.2) is 4.98 Å². The summed E-state index contributed by atoms with van der Waals surface area (Å²) in [5, 5.41) is 10.9. The molecule has 1 fully saturated rings. The van der Waals surface area contributed by atoms with Crippen LogP contribution in [0.3, 0.4) is 0 Å². The summed E-state index contributed by atoms with van der Waals surface area (Å²) in [4.78, 5) is 8.80. The third kappa shape index (κ3) is 6.01. The summed E-state index contributed by atoms with van der Waals surface area (Å²) in [6, 6.07) is 20.8. The molecule has 7 heteroatoms. The van der Waals surface area contributed by atoms with Gasteiger partial charge in [0.25, 0.3) is 0 Å². The Morgan fingerprint density at radius 3 is 2.00 bits per heavy atom. The van der Waals surface area contributed by atoms with E-state index in [1.165, 1.54) is 0 Å². The predicted octanol–water partition coefficient (Wildman–Crippen LogP) is 5.93. The van der Waals surface area contributed by atoms with Crippen LogP contribution in [0.5, 0.6) is 0 Å². The third-order valence-electron chi connectivity index (χ3n) is 4.46. The van der Waals surface area contributed by atoms with Gasteiger partial charge in [0, 0.05) is 42.4 Å². The van der Waals surface area contributed by atoms with Gasteiger partial charge in [0.05, 0.1) is 16.3 Å². The minimum atomic E-state index is 0.579. The Balaban J connectivity index is 0.000000290. The lowest BCUT2D eigenvalue weighted by Gasteiger charge is -2.37. The average molecular weight is 446 g/mol. The van der Waals surface area contributed by atoms with Crippen LogP contribution in [0.15, 0.2) is 66.9 Å². The number of hydrogen-bond acceptors (Lipinski definition) is 4. The molecular weight excluding hydrogens is 427 g/mol. The van der Waals surface area contributed by atoms with Crippen LogP contribution in [0, 0.1) is 11.3 Å². The van der Waals surface area contributed by atoms with Crippen molar-refractivity contribution in [2.24, 2.45) is 0 Å². The number of nitrogens with zero attached hydrogens (tertiary/aromatic N) is 4. The second kappa shape index (κ2) is 10.4. The maximum absolute atomic E-state index is 8.81. The van der Waals surface area contributed by atoms with Gasteiger partial charge in [-0.3, -0.25) is 0 Å². The second-order valence-corrected chi connectivity index (χ2v) is 7.66. The van der Waals surface area contributed by atoms with Crippen LogP contribution < -0.4 is 9.80 Å². The van der Waals surface area contributed by atoms with Gasteiger partial charge in [-0.2, -0.15) is 5.26 Å². The first-order valence-electron chi connectivity index (χ1n) is 9.08. The smallest absolute Gasteiger partial charge is 0.128 e. The molecular formula is C22H19Cl3N4. The highest BCUT2D eigenvalue weighted by Gasteiger charge is 2.19. The Labute approximate surface area is 185 Å². The largest absolute Gasteiger partial charge is 0.367 e. The van der Waals surface area contributed by atoms with Crippen molar-refractivity contribution in [2.75, 3.05) is 36.0 Å². The van der Waals surface area contributed by atoms with Crippen LogP contribution >= 0.6 is 34.8 Å². The minimum Gasteiger partial charge on any atom is -0.367 e. The van der Waals surface area contributed by atoms with Gasteiger partial charge < -0.3 is 9.80 Å². The molecule has 29 heavy (non-hydrogen) atoms. The summed E-state index contributed by atoms with van der Waals surface area (Å²) in [6.45, 7) is 3.45. The van der Waals surface area contributed by atoms with Gasteiger partial charge in [-0.15, -0.1) is 0 Å². The topological polar surface area (TPSA) is 43.2 Å². The fourth-order valence-corrected chi connectivity index (χ4v) is 3.64. The summed E-state index contributed by atoms with van der Waals surface area (Å²) in [5.74, 6) is 0.904. The van der Waals surface area contributed by atoms with Crippen molar-refractivity contribution in [3.05, 3.63) is 87.5 Å². The van der Waals surface area contributed by atoms with Gasteiger partial charge in [0.15, 0.2) is 0 Å². The lowest BCUT2D eigenvalue weighted by molar-refractivity contribution is 0.647. The number of rotatable bonds is 2. The van der Waals surface area contributed by atoms with Crippen LogP contribution in [0.25, 0.3) is 0 Å². The summed E-state index contributed by atoms with van der Waals surface area (Å²) < 4.78 is 0. The highest BCUT2D eigenvalue weighted by atomic mass is 35.5. The van der Waals surface area contributed by atoms with E-state index in [0.29, 0.717) is 15.6 Å². The summed E-state index contributed by atoms with van der Waals surface area (Å²) in [6.07, 6.45) is 1.61. The molecule has 1 aliphatic rings. The summed E-state index contributed by atoms with van der Waals surface area (Å²) >= 11 is 17.7. The maximum atomic E-state index is 8.81. The van der Waals surface area contributed by atoms with E-state index in [1.54, 1.807) is 18.3 Å². The first-order valence-corrected chi connectivity index (χ1v) is 10.2. The summed E-state index contributed by atoms with van der Waals surface area (Å²) in [5.41, 5.74) is 1.59. The lowest BCUT2D eigenvalue weighted by Crippen LogP contribution is -2.46. The average Bonchev–Trinajstić information content (AvgIpc) is 2.75. The van der Waals surface area contributed by atoms with Crippen LogP contribution in [0.4, 0.5) is 11.5 Å². The molecule has 0 bridgehead atoms. The van der Waals surface area contributed by atoms with E-state index in [0.717, 1.165) is 42.7 Å². The number of anilines is 2. The highest BCUT2D eigenvalue weighted by molar-refractivity contribution is 6.36. The Kier molecular flexibility index (Phi) is 7.60.